The van der Waals surface area contributed by atoms with E-state index in [1.54, 1.807) is 7.05 Å². The zero-order chi connectivity index (χ0) is 18.9. The van der Waals surface area contributed by atoms with E-state index in [0.717, 1.165) is 32.8 Å². The van der Waals surface area contributed by atoms with Crippen molar-refractivity contribution in [3.05, 3.63) is 35.4 Å². The van der Waals surface area contributed by atoms with Crippen LogP contribution in [0.4, 0.5) is 8.78 Å². The van der Waals surface area contributed by atoms with Gasteiger partial charge in [-0.05, 0) is 24.5 Å². The van der Waals surface area contributed by atoms with Gasteiger partial charge in [0.1, 0.15) is 11.6 Å². The molecule has 1 fully saturated rings. The topological polar surface area (TPSA) is 48.9 Å². The molecule has 8 heteroatoms. The lowest BCUT2D eigenvalue weighted by Gasteiger charge is -2.37. The molecule has 0 radical (unpaired) electrons. The molecule has 1 saturated heterocycles. The van der Waals surface area contributed by atoms with E-state index in [1.807, 2.05) is 0 Å². The zero-order valence-electron chi connectivity index (χ0n) is 16.3. The third kappa shape index (κ3) is 7.50. The number of hydrogen-bond donors (Lipinski definition) is 2. The second kappa shape index (κ2) is 12.5. The lowest BCUT2D eigenvalue weighted by Crippen LogP contribution is -2.52. The first-order valence-electron chi connectivity index (χ1n) is 9.22. The molecule has 1 heterocycles. The molecule has 27 heavy (non-hydrogen) atoms. The molecular formula is C19H31F2IN4O. The van der Waals surface area contributed by atoms with Gasteiger partial charge in [-0.3, -0.25) is 9.89 Å². The minimum absolute atomic E-state index is 0. The van der Waals surface area contributed by atoms with Crippen LogP contribution in [0.25, 0.3) is 0 Å². The molecule has 0 saturated carbocycles. The lowest BCUT2D eigenvalue weighted by molar-refractivity contribution is 0.00752. The van der Waals surface area contributed by atoms with E-state index >= 15 is 0 Å². The summed E-state index contributed by atoms with van der Waals surface area (Å²) in [6.45, 7) is 8.98. The van der Waals surface area contributed by atoms with Gasteiger partial charge in [0.15, 0.2) is 5.96 Å². The number of morpholine rings is 1. The molecule has 1 aromatic carbocycles. The predicted molar refractivity (Wildman–Crippen MR) is 116 cm³/mol. The molecule has 5 nitrogen and oxygen atoms in total. The van der Waals surface area contributed by atoms with Gasteiger partial charge in [-0.25, -0.2) is 8.78 Å². The summed E-state index contributed by atoms with van der Waals surface area (Å²) in [6.07, 6.45) is 0.260. The van der Waals surface area contributed by atoms with E-state index in [-0.39, 0.29) is 36.0 Å². The number of rotatable bonds is 7. The van der Waals surface area contributed by atoms with Crippen molar-refractivity contribution in [3.8, 4) is 0 Å². The number of benzene rings is 1. The molecule has 1 unspecified atom stereocenters. The monoisotopic (exact) mass is 496 g/mol. The van der Waals surface area contributed by atoms with Gasteiger partial charge in [-0.1, -0.05) is 19.9 Å². The molecule has 1 aromatic rings. The van der Waals surface area contributed by atoms with Crippen LogP contribution in [0, 0.1) is 17.6 Å². The minimum atomic E-state index is -0.512. The smallest absolute Gasteiger partial charge is 0.191 e. The van der Waals surface area contributed by atoms with Crippen molar-refractivity contribution in [2.24, 2.45) is 10.9 Å². The molecule has 1 aliphatic rings. The van der Waals surface area contributed by atoms with Crippen molar-refractivity contribution in [3.63, 3.8) is 0 Å². The van der Waals surface area contributed by atoms with E-state index in [2.05, 4.69) is 34.4 Å². The van der Waals surface area contributed by atoms with Crippen molar-refractivity contribution in [1.29, 1.82) is 0 Å². The maximum atomic E-state index is 13.7. The van der Waals surface area contributed by atoms with Crippen LogP contribution in [0.1, 0.15) is 19.4 Å². The van der Waals surface area contributed by atoms with Crippen LogP contribution in [-0.4, -0.2) is 63.3 Å². The van der Waals surface area contributed by atoms with Crippen LogP contribution in [0.5, 0.6) is 0 Å². The number of hydrogen-bond acceptors (Lipinski definition) is 3. The normalized spacial score (nSPS) is 16.7. The Morgan fingerprint density at radius 3 is 2.37 bits per heavy atom. The molecule has 0 amide bonds. The summed E-state index contributed by atoms with van der Waals surface area (Å²) >= 11 is 0. The van der Waals surface area contributed by atoms with Gasteiger partial charge in [-0.15, -0.1) is 24.0 Å². The molecule has 0 spiro atoms. The van der Waals surface area contributed by atoms with Gasteiger partial charge < -0.3 is 15.4 Å². The van der Waals surface area contributed by atoms with Crippen molar-refractivity contribution >= 4 is 29.9 Å². The largest absolute Gasteiger partial charge is 0.379 e. The molecule has 2 N–H and O–H groups in total. The van der Waals surface area contributed by atoms with Crippen LogP contribution in [-0.2, 0) is 11.2 Å². The first-order valence-corrected chi connectivity index (χ1v) is 9.22. The number of nitrogens with zero attached hydrogens (tertiary/aromatic N) is 2. The van der Waals surface area contributed by atoms with Gasteiger partial charge in [0, 0.05) is 44.8 Å². The van der Waals surface area contributed by atoms with E-state index in [0.29, 0.717) is 24.5 Å². The van der Waals surface area contributed by atoms with Crippen LogP contribution >= 0.6 is 24.0 Å². The van der Waals surface area contributed by atoms with Crippen LogP contribution in [0.3, 0.4) is 0 Å². The highest BCUT2D eigenvalue weighted by atomic mass is 127. The van der Waals surface area contributed by atoms with Gasteiger partial charge >= 0.3 is 0 Å². The number of nitrogens with one attached hydrogen (secondary N) is 2. The fraction of sp³-hybridized carbons (Fsp3) is 0.632. The van der Waals surface area contributed by atoms with E-state index < -0.39 is 11.6 Å². The van der Waals surface area contributed by atoms with Gasteiger partial charge in [0.2, 0.25) is 0 Å². The number of aliphatic imine (C=N–C) groups is 1. The van der Waals surface area contributed by atoms with Gasteiger partial charge in [0.25, 0.3) is 0 Å². The second-order valence-electron chi connectivity index (χ2n) is 6.79. The summed E-state index contributed by atoms with van der Waals surface area (Å²) in [5.74, 6) is 0.107. The molecule has 0 aromatic heterocycles. The highest BCUT2D eigenvalue weighted by molar-refractivity contribution is 14.0. The van der Waals surface area contributed by atoms with Crippen LogP contribution in [0.15, 0.2) is 23.2 Å². The highest BCUT2D eigenvalue weighted by Crippen LogP contribution is 2.13. The zero-order valence-corrected chi connectivity index (χ0v) is 18.6. The maximum absolute atomic E-state index is 13.7. The lowest BCUT2D eigenvalue weighted by atomic mass is 10.0. The Bertz CT molecular complexity index is 575. The predicted octanol–water partition coefficient (Wildman–Crippen LogP) is 2.65. The van der Waals surface area contributed by atoms with Gasteiger partial charge in [0.05, 0.1) is 13.2 Å². The summed E-state index contributed by atoms with van der Waals surface area (Å²) in [5, 5.41) is 6.46. The minimum Gasteiger partial charge on any atom is -0.379 e. The molecule has 1 aliphatic heterocycles. The van der Waals surface area contributed by atoms with Crippen molar-refractivity contribution in [1.82, 2.24) is 15.5 Å². The maximum Gasteiger partial charge on any atom is 0.191 e. The molecule has 2 rings (SSSR count). The molecule has 0 bridgehead atoms. The Morgan fingerprint density at radius 1 is 1.19 bits per heavy atom. The summed E-state index contributed by atoms with van der Waals surface area (Å²) in [6, 6.07) is 4.31. The Morgan fingerprint density at radius 2 is 1.81 bits per heavy atom. The molecular weight excluding hydrogens is 465 g/mol. The first-order chi connectivity index (χ1) is 12.5. The van der Waals surface area contributed by atoms with E-state index in [4.69, 9.17) is 4.74 Å². The number of guanidine groups is 1. The van der Waals surface area contributed by atoms with Crippen molar-refractivity contribution < 1.29 is 13.5 Å². The van der Waals surface area contributed by atoms with E-state index in [1.165, 1.54) is 18.2 Å². The Kier molecular flexibility index (Phi) is 11.1. The number of halogens is 3. The third-order valence-electron chi connectivity index (χ3n) is 4.72. The highest BCUT2D eigenvalue weighted by Gasteiger charge is 2.23. The first kappa shape index (κ1) is 24.0. The summed E-state index contributed by atoms with van der Waals surface area (Å²) in [7, 11) is 1.69. The molecule has 154 valence electrons. The second-order valence-corrected chi connectivity index (χ2v) is 6.79. The van der Waals surface area contributed by atoms with Crippen molar-refractivity contribution in [2.45, 2.75) is 26.3 Å². The van der Waals surface area contributed by atoms with Crippen LogP contribution in [0.2, 0.25) is 0 Å². The van der Waals surface area contributed by atoms with Crippen molar-refractivity contribution in [2.75, 3.05) is 46.4 Å². The Labute approximate surface area is 178 Å². The Balaban J connectivity index is 0.00000364. The molecule has 0 aliphatic carbocycles. The van der Waals surface area contributed by atoms with Gasteiger partial charge in [-0.2, -0.15) is 0 Å². The number of ether oxygens (including phenoxy) is 1. The quantitative estimate of drug-likeness (QED) is 0.347. The fourth-order valence-electron chi connectivity index (χ4n) is 3.19. The fourth-order valence-corrected chi connectivity index (χ4v) is 3.19. The SMILES string of the molecule is CN=C(NCCc1c(F)cccc1F)NCC(C(C)C)N1CCOCC1.I. The average Bonchev–Trinajstić information content (AvgIpc) is 2.63. The van der Waals surface area contributed by atoms with Crippen LogP contribution < -0.4 is 10.6 Å². The average molecular weight is 496 g/mol. The molecule has 1 atom stereocenters. The summed E-state index contributed by atoms with van der Waals surface area (Å²) < 4.78 is 32.8. The third-order valence-corrected chi connectivity index (χ3v) is 4.72. The van der Waals surface area contributed by atoms with E-state index in [9.17, 15) is 8.78 Å². The Hall–Kier alpha value is -1.00. The summed E-state index contributed by atoms with van der Waals surface area (Å²) in [4.78, 5) is 6.64. The standard InChI is InChI=1S/C19H30F2N4O.HI/c1-14(2)18(25-9-11-26-12-10-25)13-24-19(22-3)23-8-7-15-16(20)5-4-6-17(15)21;/h4-6,14,18H,7-13H2,1-3H3,(H2,22,23,24);1H. The summed E-state index contributed by atoms with van der Waals surface area (Å²) in [5.41, 5.74) is 0.101.